The van der Waals surface area contributed by atoms with Gasteiger partial charge < -0.3 is 24.8 Å². The van der Waals surface area contributed by atoms with Crippen LogP contribution in [0.5, 0.6) is 0 Å². The minimum Gasteiger partial charge on any atom is -0.480 e. The number of aromatic nitrogens is 3. The van der Waals surface area contributed by atoms with Gasteiger partial charge in [-0.15, -0.1) is 5.10 Å². The number of thioether (sulfide) groups is 1. The van der Waals surface area contributed by atoms with Crippen LogP contribution >= 0.6 is 35.0 Å². The van der Waals surface area contributed by atoms with E-state index in [0.717, 1.165) is 11.8 Å². The maximum atomic E-state index is 13.7. The van der Waals surface area contributed by atoms with Crippen LogP contribution in [0.2, 0.25) is 10.0 Å². The number of hydrogen-bond donors (Lipinski definition) is 3. The highest BCUT2D eigenvalue weighted by Crippen LogP contribution is 2.41. The number of aliphatic hydroxyl groups excluding tert-OH is 2. The summed E-state index contributed by atoms with van der Waals surface area (Å²) in [6, 6.07) is 8.43. The third-order valence-corrected chi connectivity index (χ3v) is 7.51. The van der Waals surface area contributed by atoms with Gasteiger partial charge in [0.25, 0.3) is 0 Å². The van der Waals surface area contributed by atoms with E-state index in [1.54, 1.807) is 43.5 Å². The van der Waals surface area contributed by atoms with Crippen LogP contribution in [0, 0.1) is 12.7 Å². The Morgan fingerprint density at radius 3 is 2.69 bits per heavy atom. The number of benzene rings is 2. The van der Waals surface area contributed by atoms with Crippen LogP contribution in [0.1, 0.15) is 11.6 Å². The number of nitrogens with zero attached hydrogens (tertiary/aromatic N) is 3. The van der Waals surface area contributed by atoms with Crippen molar-refractivity contribution >= 4 is 40.9 Å². The zero-order chi connectivity index (χ0) is 26.0. The zero-order valence-corrected chi connectivity index (χ0v) is 21.1. The van der Waals surface area contributed by atoms with Crippen LogP contribution in [0.25, 0.3) is 11.3 Å². The number of aliphatic carboxylic acids is 1. The van der Waals surface area contributed by atoms with E-state index in [-0.39, 0.29) is 5.82 Å². The second kappa shape index (κ2) is 11.4. The van der Waals surface area contributed by atoms with Gasteiger partial charge in [-0.2, -0.15) is 0 Å². The average molecular weight is 558 g/mol. The summed E-state index contributed by atoms with van der Waals surface area (Å²) >= 11 is 13.3. The molecule has 0 saturated carbocycles. The lowest BCUT2D eigenvalue weighted by molar-refractivity contribution is -0.196. The number of carbonyl (C=O) groups is 1. The highest BCUT2D eigenvalue weighted by molar-refractivity contribution is 7.99. The maximum absolute atomic E-state index is 13.7. The molecular weight excluding hydrogens is 536 g/mol. The molecular formula is C23H22Cl2FN3O6S. The number of aliphatic hydroxyl groups is 2. The molecule has 0 bridgehead atoms. The highest BCUT2D eigenvalue weighted by atomic mass is 35.5. The number of hydrogen-bond acceptors (Lipinski definition) is 8. The molecule has 1 aromatic heterocycles. The number of rotatable bonds is 8. The predicted octanol–water partition coefficient (Wildman–Crippen LogP) is 3.58. The quantitative estimate of drug-likeness (QED) is 0.380. The summed E-state index contributed by atoms with van der Waals surface area (Å²) in [4.78, 5) is 12.0. The molecule has 2 heterocycles. The normalized spacial score (nSPS) is 24.1. The molecule has 0 amide bonds. The molecule has 0 radical (unpaired) electrons. The van der Waals surface area contributed by atoms with Gasteiger partial charge in [0.2, 0.25) is 0 Å². The van der Waals surface area contributed by atoms with E-state index in [1.165, 1.54) is 10.7 Å². The molecule has 3 aromatic rings. The van der Waals surface area contributed by atoms with E-state index < -0.39 is 49.0 Å². The van der Waals surface area contributed by atoms with Crippen LogP contribution in [0.4, 0.5) is 4.39 Å². The van der Waals surface area contributed by atoms with E-state index >= 15 is 0 Å². The second-order valence-electron chi connectivity index (χ2n) is 8.12. The Labute approximate surface area is 219 Å². The largest absolute Gasteiger partial charge is 0.480 e. The van der Waals surface area contributed by atoms with E-state index in [1.807, 2.05) is 0 Å². The molecule has 2 aromatic carbocycles. The van der Waals surface area contributed by atoms with Crippen molar-refractivity contribution in [3.05, 3.63) is 64.0 Å². The van der Waals surface area contributed by atoms with Gasteiger partial charge in [0, 0.05) is 10.5 Å². The second-order valence-corrected chi connectivity index (χ2v) is 10.1. The summed E-state index contributed by atoms with van der Waals surface area (Å²) in [6.07, 6.45) is -1.83. The predicted molar refractivity (Wildman–Crippen MR) is 131 cm³/mol. The summed E-state index contributed by atoms with van der Waals surface area (Å²) in [6.45, 7) is 0.441. The summed E-state index contributed by atoms with van der Waals surface area (Å²) in [5, 5.41) is 39.1. The summed E-state index contributed by atoms with van der Waals surface area (Å²) in [5.74, 6) is -1.58. The molecule has 0 spiro atoms. The molecule has 0 unspecified atom stereocenters. The molecule has 1 aliphatic rings. The van der Waals surface area contributed by atoms with Crippen molar-refractivity contribution in [3.63, 3.8) is 0 Å². The number of aryl methyl sites for hydroxylation is 1. The Kier molecular flexibility index (Phi) is 8.51. The Morgan fingerprint density at radius 2 is 2.03 bits per heavy atom. The van der Waals surface area contributed by atoms with Gasteiger partial charge in [-0.25, -0.2) is 13.9 Å². The summed E-state index contributed by atoms with van der Waals surface area (Å²) in [7, 11) is 0. The number of carboxylic acid groups (broad SMARTS) is 1. The van der Waals surface area contributed by atoms with Gasteiger partial charge >= 0.3 is 5.97 Å². The van der Waals surface area contributed by atoms with E-state index in [9.17, 15) is 24.5 Å². The van der Waals surface area contributed by atoms with Gasteiger partial charge in [0.15, 0.2) is 0 Å². The Balaban J connectivity index is 1.70. The van der Waals surface area contributed by atoms with Gasteiger partial charge in [-0.05, 0) is 48.9 Å². The Morgan fingerprint density at radius 1 is 1.25 bits per heavy atom. The average Bonchev–Trinajstić information content (AvgIpc) is 3.32. The van der Waals surface area contributed by atoms with Gasteiger partial charge in [-0.1, -0.05) is 40.2 Å². The van der Waals surface area contributed by atoms with Crippen LogP contribution in [0.15, 0.2) is 47.5 Å². The molecule has 3 N–H and O–H groups in total. The molecule has 5 atom stereocenters. The molecule has 1 aliphatic heterocycles. The van der Waals surface area contributed by atoms with Crippen molar-refractivity contribution in [2.75, 3.05) is 13.2 Å². The van der Waals surface area contributed by atoms with Crippen molar-refractivity contribution in [2.45, 2.75) is 41.6 Å². The van der Waals surface area contributed by atoms with Crippen molar-refractivity contribution in [1.82, 2.24) is 15.0 Å². The van der Waals surface area contributed by atoms with Crippen molar-refractivity contribution in [2.24, 2.45) is 0 Å². The zero-order valence-electron chi connectivity index (χ0n) is 18.8. The third-order valence-electron chi connectivity index (χ3n) is 5.64. The van der Waals surface area contributed by atoms with E-state index in [2.05, 4.69) is 10.3 Å². The summed E-state index contributed by atoms with van der Waals surface area (Å²) in [5.41, 5.74) is 0.565. The highest BCUT2D eigenvalue weighted by Gasteiger charge is 2.48. The fourth-order valence-corrected chi connectivity index (χ4v) is 5.38. The fourth-order valence-electron chi connectivity index (χ4n) is 3.85. The first kappa shape index (κ1) is 26.8. The lowest BCUT2D eigenvalue weighted by Gasteiger charge is -2.43. The van der Waals surface area contributed by atoms with Crippen molar-refractivity contribution in [1.29, 1.82) is 0 Å². The minimum atomic E-state index is -1.32. The number of ether oxygens (including phenoxy) is 2. The minimum absolute atomic E-state index is 0.311. The first-order valence-corrected chi connectivity index (χ1v) is 12.4. The molecule has 1 saturated heterocycles. The monoisotopic (exact) mass is 557 g/mol. The molecule has 13 heteroatoms. The molecule has 192 valence electrons. The molecule has 1 fully saturated rings. The first-order valence-electron chi connectivity index (χ1n) is 10.8. The van der Waals surface area contributed by atoms with Crippen LogP contribution in [-0.4, -0.2) is 73.2 Å². The SMILES string of the molecule is Cc1cc(-c2cn([C@H]3[C@@H](O)[C@@H](CO)O[C@H](Sc4ccc(Cl)c(Cl)c4)[C@@H]3OCC(=O)O)nn2)ccc1F. The molecule has 36 heavy (non-hydrogen) atoms. The van der Waals surface area contributed by atoms with Crippen LogP contribution < -0.4 is 0 Å². The van der Waals surface area contributed by atoms with Gasteiger partial charge in [0.05, 0.1) is 22.8 Å². The maximum Gasteiger partial charge on any atom is 0.329 e. The Bertz CT molecular complexity index is 1250. The number of halogens is 3. The van der Waals surface area contributed by atoms with E-state index in [0.29, 0.717) is 31.8 Å². The number of carboxylic acids is 1. The lowest BCUT2D eigenvalue weighted by Crippen LogP contribution is -2.56. The van der Waals surface area contributed by atoms with Gasteiger partial charge in [-0.3, -0.25) is 0 Å². The first-order chi connectivity index (χ1) is 17.2. The molecule has 9 nitrogen and oxygen atoms in total. The standard InChI is InChI=1S/C23H22Cl2FN3O6S/c1-11-6-12(2-5-16(11)26)17-8-29(28-27-17)20-21(33)18(9-30)35-23(22(20)34-10-19(31)32)36-13-3-4-14(24)15(25)7-13/h2-8,18,20-23,30,33H,9-10H2,1H3,(H,31,32)/t18-,20+,21+,22-,23-/m1/s1. The smallest absolute Gasteiger partial charge is 0.329 e. The lowest BCUT2D eigenvalue weighted by atomic mass is 9.97. The van der Waals surface area contributed by atoms with Crippen LogP contribution in [0.3, 0.4) is 0 Å². The van der Waals surface area contributed by atoms with Crippen molar-refractivity contribution in [3.8, 4) is 11.3 Å². The van der Waals surface area contributed by atoms with E-state index in [4.69, 9.17) is 32.7 Å². The third kappa shape index (κ3) is 5.83. The Hall–Kier alpha value is -2.25. The molecule has 4 rings (SSSR count). The van der Waals surface area contributed by atoms with Gasteiger partial charge in [0.1, 0.15) is 47.9 Å². The van der Waals surface area contributed by atoms with Crippen molar-refractivity contribution < 1.29 is 34.0 Å². The topological polar surface area (TPSA) is 127 Å². The molecule has 0 aliphatic carbocycles. The summed E-state index contributed by atoms with van der Waals surface area (Å²) < 4.78 is 26.6. The van der Waals surface area contributed by atoms with Crippen LogP contribution in [-0.2, 0) is 14.3 Å². The fraction of sp³-hybridized carbons (Fsp3) is 0.348.